The number of rotatable bonds is 9. The molecule has 2 N–H and O–H groups in total. The zero-order valence-electron chi connectivity index (χ0n) is 14.9. The van der Waals surface area contributed by atoms with Crippen LogP contribution in [0.5, 0.6) is 17.2 Å². The molecule has 0 aliphatic rings. The van der Waals surface area contributed by atoms with Crippen molar-refractivity contribution in [3.8, 4) is 17.2 Å². The summed E-state index contributed by atoms with van der Waals surface area (Å²) in [6, 6.07) is 11.3. The number of methoxy groups -OCH3 is 1. The topological polar surface area (TPSA) is 111 Å². The van der Waals surface area contributed by atoms with Crippen LogP contribution >= 0.6 is 0 Å². The fourth-order valence-corrected chi connectivity index (χ4v) is 2.10. The first-order chi connectivity index (χ1) is 12.9. The molecule has 0 aliphatic heterocycles. The van der Waals surface area contributed by atoms with Crippen LogP contribution in [0.25, 0.3) is 0 Å². The molecule has 0 fully saturated rings. The van der Waals surface area contributed by atoms with E-state index >= 15 is 0 Å². The van der Waals surface area contributed by atoms with Crippen LogP contribution in [-0.4, -0.2) is 43.1 Å². The number of benzene rings is 2. The molecular weight excluding hydrogens is 354 g/mol. The molecule has 2 aromatic carbocycles. The van der Waals surface area contributed by atoms with Gasteiger partial charge in [-0.2, -0.15) is 0 Å². The molecule has 8 heteroatoms. The van der Waals surface area contributed by atoms with Crippen molar-refractivity contribution in [1.29, 1.82) is 0 Å². The number of Topliss-reactive ketones (excluding diaryl/α,β-unsaturated/α-hetero) is 1. The maximum absolute atomic E-state index is 11.4. The summed E-state index contributed by atoms with van der Waals surface area (Å²) in [6.07, 6.45) is 0. The van der Waals surface area contributed by atoms with Gasteiger partial charge in [-0.05, 0) is 42.5 Å². The van der Waals surface area contributed by atoms with Crippen LogP contribution in [0.1, 0.15) is 17.3 Å². The van der Waals surface area contributed by atoms with E-state index in [1.54, 1.807) is 37.4 Å². The lowest BCUT2D eigenvalue weighted by Crippen LogP contribution is -2.18. The van der Waals surface area contributed by atoms with Gasteiger partial charge in [0.15, 0.2) is 0 Å². The third-order valence-corrected chi connectivity index (χ3v) is 3.46. The average molecular weight is 373 g/mol. The molecule has 27 heavy (non-hydrogen) atoms. The molecule has 0 atom stereocenters. The number of hydrogen-bond acceptors (Lipinski definition) is 7. The van der Waals surface area contributed by atoms with E-state index < -0.39 is 17.7 Å². The molecule has 0 heterocycles. The van der Waals surface area contributed by atoms with Crippen LogP contribution in [0.15, 0.2) is 42.5 Å². The Morgan fingerprint density at radius 3 is 2.30 bits per heavy atom. The predicted octanol–water partition coefficient (Wildman–Crippen LogP) is 2.38. The summed E-state index contributed by atoms with van der Waals surface area (Å²) in [7, 11) is 1.58. The summed E-state index contributed by atoms with van der Waals surface area (Å²) < 4.78 is 15.4. The minimum absolute atomic E-state index is 0.192. The number of esters is 1. The van der Waals surface area contributed by atoms with Crippen molar-refractivity contribution in [2.75, 3.05) is 25.6 Å². The Labute approximate surface area is 155 Å². The number of carbonyl (C=O) groups is 3. The van der Waals surface area contributed by atoms with Gasteiger partial charge >= 0.3 is 11.9 Å². The van der Waals surface area contributed by atoms with E-state index in [1.807, 2.05) is 0 Å². The van der Waals surface area contributed by atoms with Gasteiger partial charge < -0.3 is 24.6 Å². The van der Waals surface area contributed by atoms with Crippen molar-refractivity contribution < 1.29 is 33.7 Å². The zero-order valence-corrected chi connectivity index (χ0v) is 14.9. The van der Waals surface area contributed by atoms with Gasteiger partial charge in [-0.1, -0.05) is 0 Å². The normalized spacial score (nSPS) is 10.0. The lowest BCUT2D eigenvalue weighted by Gasteiger charge is -2.11. The second-order valence-electron chi connectivity index (χ2n) is 5.41. The van der Waals surface area contributed by atoms with Crippen LogP contribution in [0.2, 0.25) is 0 Å². The molecule has 0 saturated carbocycles. The lowest BCUT2D eigenvalue weighted by atomic mass is 10.1. The average Bonchev–Trinajstić information content (AvgIpc) is 2.66. The summed E-state index contributed by atoms with van der Waals surface area (Å²) in [6.45, 7) is 1.80. The van der Waals surface area contributed by atoms with E-state index in [0.29, 0.717) is 24.6 Å². The minimum atomic E-state index is -1.28. The molecule has 8 nitrogen and oxygen atoms in total. The van der Waals surface area contributed by atoms with Gasteiger partial charge in [0.2, 0.25) is 5.78 Å². The Balaban J connectivity index is 1.93. The molecule has 2 aromatic rings. The highest BCUT2D eigenvalue weighted by molar-refractivity contribution is 6.33. The van der Waals surface area contributed by atoms with Crippen molar-refractivity contribution in [3.63, 3.8) is 0 Å². The van der Waals surface area contributed by atoms with E-state index in [0.717, 1.165) is 12.7 Å². The van der Waals surface area contributed by atoms with Crippen LogP contribution in [-0.2, 0) is 9.59 Å². The summed E-state index contributed by atoms with van der Waals surface area (Å²) in [5, 5.41) is 12.3. The zero-order chi connectivity index (χ0) is 19.8. The molecular formula is C19H19NO7. The maximum Gasteiger partial charge on any atom is 0.379 e. The molecule has 0 aromatic heterocycles. The molecule has 0 radical (unpaired) electrons. The Hall–Kier alpha value is -3.55. The fraction of sp³-hybridized carbons (Fsp3) is 0.211. The summed E-state index contributed by atoms with van der Waals surface area (Å²) in [5.41, 5.74) is 0.277. The summed E-state index contributed by atoms with van der Waals surface area (Å²) in [5.74, 6) is -2.00. The van der Waals surface area contributed by atoms with Gasteiger partial charge in [0.1, 0.15) is 29.4 Å². The molecule has 0 aliphatic carbocycles. The van der Waals surface area contributed by atoms with Gasteiger partial charge in [-0.3, -0.25) is 4.79 Å². The number of ether oxygens (including phenoxy) is 3. The maximum atomic E-state index is 11.4. The Morgan fingerprint density at radius 1 is 1.04 bits per heavy atom. The SMILES string of the molecule is COc1ccc(OCCNc2ccc(OC(=O)C(C)=O)c(C(=O)O)c2)cc1. The second kappa shape index (κ2) is 9.23. The van der Waals surface area contributed by atoms with E-state index in [-0.39, 0.29) is 11.3 Å². The first-order valence-corrected chi connectivity index (χ1v) is 8.01. The highest BCUT2D eigenvalue weighted by Crippen LogP contribution is 2.23. The predicted molar refractivity (Wildman–Crippen MR) is 96.7 cm³/mol. The van der Waals surface area contributed by atoms with Gasteiger partial charge in [0.05, 0.1) is 7.11 Å². The molecule has 0 amide bonds. The number of carboxylic acids is 1. The van der Waals surface area contributed by atoms with Crippen molar-refractivity contribution in [2.45, 2.75) is 6.92 Å². The Kier molecular flexibility index (Phi) is 6.76. The van der Waals surface area contributed by atoms with Crippen molar-refractivity contribution >= 4 is 23.4 Å². The van der Waals surface area contributed by atoms with E-state index in [9.17, 15) is 19.5 Å². The van der Waals surface area contributed by atoms with Crippen molar-refractivity contribution in [1.82, 2.24) is 0 Å². The highest BCUT2D eigenvalue weighted by atomic mass is 16.5. The van der Waals surface area contributed by atoms with Gasteiger partial charge in [0, 0.05) is 19.2 Å². The lowest BCUT2D eigenvalue weighted by molar-refractivity contribution is -0.146. The van der Waals surface area contributed by atoms with Gasteiger partial charge in [-0.15, -0.1) is 0 Å². The number of carboxylic acid groups (broad SMARTS) is 1. The smallest absolute Gasteiger partial charge is 0.379 e. The molecule has 0 bridgehead atoms. The number of anilines is 1. The number of carbonyl (C=O) groups excluding carboxylic acids is 2. The third kappa shape index (κ3) is 5.74. The van der Waals surface area contributed by atoms with Gasteiger partial charge in [0.25, 0.3) is 0 Å². The number of hydrogen-bond donors (Lipinski definition) is 2. The number of aromatic carboxylic acids is 1. The third-order valence-electron chi connectivity index (χ3n) is 3.46. The fourth-order valence-electron chi connectivity index (χ4n) is 2.10. The quantitative estimate of drug-likeness (QED) is 0.298. The van der Waals surface area contributed by atoms with Crippen LogP contribution in [0, 0.1) is 0 Å². The highest BCUT2D eigenvalue weighted by Gasteiger charge is 2.17. The standard InChI is InChI=1S/C19H19NO7/c1-12(21)19(24)27-17-8-3-13(11-16(17)18(22)23)20-9-10-26-15-6-4-14(25-2)5-7-15/h3-8,11,20H,9-10H2,1-2H3,(H,22,23). The minimum Gasteiger partial charge on any atom is -0.497 e. The summed E-state index contributed by atoms with van der Waals surface area (Å²) >= 11 is 0. The van der Waals surface area contributed by atoms with Gasteiger partial charge in [-0.25, -0.2) is 9.59 Å². The molecule has 2 rings (SSSR count). The number of ketones is 1. The largest absolute Gasteiger partial charge is 0.497 e. The van der Waals surface area contributed by atoms with Crippen LogP contribution in [0.3, 0.4) is 0 Å². The van der Waals surface area contributed by atoms with E-state index in [2.05, 4.69) is 5.32 Å². The first-order valence-electron chi connectivity index (χ1n) is 8.01. The molecule has 142 valence electrons. The number of nitrogens with one attached hydrogen (secondary N) is 1. The van der Waals surface area contributed by atoms with Crippen molar-refractivity contribution in [2.24, 2.45) is 0 Å². The van der Waals surface area contributed by atoms with Crippen LogP contribution < -0.4 is 19.5 Å². The summed E-state index contributed by atoms with van der Waals surface area (Å²) in [4.78, 5) is 33.7. The molecule has 0 unspecified atom stereocenters. The Bertz CT molecular complexity index is 830. The second-order valence-corrected chi connectivity index (χ2v) is 5.41. The van der Waals surface area contributed by atoms with E-state index in [4.69, 9.17) is 14.2 Å². The molecule has 0 saturated heterocycles. The monoisotopic (exact) mass is 373 g/mol. The molecule has 0 spiro atoms. The first kappa shape index (κ1) is 19.8. The Morgan fingerprint density at radius 2 is 1.70 bits per heavy atom. The van der Waals surface area contributed by atoms with E-state index in [1.165, 1.54) is 12.1 Å². The van der Waals surface area contributed by atoms with Crippen LogP contribution in [0.4, 0.5) is 5.69 Å². The van der Waals surface area contributed by atoms with Crippen molar-refractivity contribution in [3.05, 3.63) is 48.0 Å².